The van der Waals surface area contributed by atoms with E-state index in [4.69, 9.17) is 9.84 Å². The second-order valence-corrected chi connectivity index (χ2v) is 6.97. The Morgan fingerprint density at radius 2 is 1.42 bits per heavy atom. The minimum atomic E-state index is -0.676. The fourth-order valence-electron chi connectivity index (χ4n) is 3.34. The van der Waals surface area contributed by atoms with Crippen LogP contribution in [0.4, 0.5) is 0 Å². The summed E-state index contributed by atoms with van der Waals surface area (Å²) in [5.41, 5.74) is 1.37. The highest BCUT2D eigenvalue weighted by atomic mass is 16.5. The summed E-state index contributed by atoms with van der Waals surface area (Å²) in [6.45, 7) is 1.64. The van der Waals surface area contributed by atoms with E-state index in [0.29, 0.717) is 6.42 Å². The van der Waals surface area contributed by atoms with Crippen LogP contribution in [0.2, 0.25) is 0 Å². The number of carboxylic acid groups (broad SMARTS) is 1. The predicted octanol–water partition coefficient (Wildman–Crippen LogP) is 5.99. The van der Waals surface area contributed by atoms with Gasteiger partial charge in [-0.15, -0.1) is 0 Å². The first-order valence-electron chi connectivity index (χ1n) is 10.0. The van der Waals surface area contributed by atoms with Crippen LogP contribution >= 0.6 is 0 Å². The molecule has 0 spiro atoms. The predicted molar refractivity (Wildman–Crippen MR) is 108 cm³/mol. The lowest BCUT2D eigenvalue weighted by atomic mass is 10.0. The molecule has 1 N–H and O–H groups in total. The Kier molecular flexibility index (Phi) is 9.81. The maximum absolute atomic E-state index is 10.4. The van der Waals surface area contributed by atoms with E-state index >= 15 is 0 Å². The molecule has 0 unspecified atom stereocenters. The molecular weight excluding hydrogens is 324 g/mol. The normalized spacial score (nSPS) is 11.1. The summed E-state index contributed by atoms with van der Waals surface area (Å²) in [5, 5.41) is 11.2. The van der Waals surface area contributed by atoms with E-state index in [9.17, 15) is 4.79 Å². The maximum atomic E-state index is 10.4. The number of hydrogen-bond donors (Lipinski definition) is 1. The number of hydrogen-bond acceptors (Lipinski definition) is 2. The molecule has 0 fully saturated rings. The molecule has 0 radical (unpaired) electrons. The first-order valence-corrected chi connectivity index (χ1v) is 10.0. The van der Waals surface area contributed by atoms with Crippen LogP contribution in [-0.4, -0.2) is 24.3 Å². The molecule has 0 aliphatic carbocycles. The van der Waals surface area contributed by atoms with Crippen LogP contribution in [0, 0.1) is 0 Å². The van der Waals surface area contributed by atoms with Gasteiger partial charge in [-0.25, -0.2) is 0 Å². The smallest absolute Gasteiger partial charge is 0.303 e. The van der Waals surface area contributed by atoms with Crippen molar-refractivity contribution < 1.29 is 14.6 Å². The standard InChI is InChI=1S/C23H32O3/c24-23(25)16-7-5-3-1-2-4-6-10-18-26-19-17-21-14-11-13-20-12-8-9-15-22(20)21/h8-9,11-15H,1-7,10,16-19H2,(H,24,25). The van der Waals surface area contributed by atoms with E-state index in [1.165, 1.54) is 42.0 Å². The highest BCUT2D eigenvalue weighted by Gasteiger charge is 2.00. The van der Waals surface area contributed by atoms with Gasteiger partial charge in [0.2, 0.25) is 0 Å². The number of rotatable bonds is 14. The van der Waals surface area contributed by atoms with Crippen molar-refractivity contribution in [1.82, 2.24) is 0 Å². The molecule has 0 atom stereocenters. The fraction of sp³-hybridized carbons (Fsp3) is 0.522. The first kappa shape index (κ1) is 20.4. The summed E-state index contributed by atoms with van der Waals surface area (Å²) < 4.78 is 5.81. The zero-order valence-corrected chi connectivity index (χ0v) is 15.8. The Morgan fingerprint density at radius 3 is 2.19 bits per heavy atom. The van der Waals surface area contributed by atoms with Gasteiger partial charge in [0.15, 0.2) is 0 Å². The van der Waals surface area contributed by atoms with Gasteiger partial charge in [-0.1, -0.05) is 81.0 Å². The first-order chi connectivity index (χ1) is 12.8. The van der Waals surface area contributed by atoms with Crippen molar-refractivity contribution in [2.45, 2.75) is 64.2 Å². The fourth-order valence-corrected chi connectivity index (χ4v) is 3.34. The molecule has 0 aliphatic rings. The van der Waals surface area contributed by atoms with E-state index in [0.717, 1.165) is 45.3 Å². The van der Waals surface area contributed by atoms with Gasteiger partial charge >= 0.3 is 5.97 Å². The lowest BCUT2D eigenvalue weighted by molar-refractivity contribution is -0.137. The Bertz CT molecular complexity index is 645. The molecule has 0 amide bonds. The van der Waals surface area contributed by atoms with Gasteiger partial charge in [0.25, 0.3) is 0 Å². The zero-order chi connectivity index (χ0) is 18.5. The maximum Gasteiger partial charge on any atom is 0.303 e. The Balaban J connectivity index is 1.44. The van der Waals surface area contributed by atoms with Crippen molar-refractivity contribution in [3.8, 4) is 0 Å². The molecule has 3 nitrogen and oxygen atoms in total. The van der Waals surface area contributed by atoms with Crippen LogP contribution in [0.5, 0.6) is 0 Å². The lowest BCUT2D eigenvalue weighted by Gasteiger charge is -2.08. The molecule has 0 aliphatic heterocycles. The molecular formula is C23H32O3. The molecule has 2 rings (SSSR count). The summed E-state index contributed by atoms with van der Waals surface area (Å²) >= 11 is 0. The molecule has 0 heterocycles. The Hall–Kier alpha value is -1.87. The SMILES string of the molecule is O=C(O)CCCCCCCCCCOCCc1cccc2ccccc12. The topological polar surface area (TPSA) is 46.5 Å². The second kappa shape index (κ2) is 12.5. The van der Waals surface area contributed by atoms with Gasteiger partial charge in [0.05, 0.1) is 6.61 Å². The number of ether oxygens (including phenoxy) is 1. The minimum absolute atomic E-state index is 0.316. The van der Waals surface area contributed by atoms with E-state index in [-0.39, 0.29) is 0 Å². The van der Waals surface area contributed by atoms with Gasteiger partial charge in [0.1, 0.15) is 0 Å². The third-order valence-corrected chi connectivity index (χ3v) is 4.82. The van der Waals surface area contributed by atoms with Crippen LogP contribution in [0.1, 0.15) is 63.4 Å². The number of aliphatic carboxylic acids is 1. The average molecular weight is 357 g/mol. The van der Waals surface area contributed by atoms with Crippen LogP contribution in [0.15, 0.2) is 42.5 Å². The minimum Gasteiger partial charge on any atom is -0.481 e. The van der Waals surface area contributed by atoms with Crippen LogP contribution < -0.4 is 0 Å². The lowest BCUT2D eigenvalue weighted by Crippen LogP contribution is -2.01. The highest BCUT2D eigenvalue weighted by Crippen LogP contribution is 2.19. The summed E-state index contributed by atoms with van der Waals surface area (Å²) in [5.74, 6) is -0.676. The third-order valence-electron chi connectivity index (χ3n) is 4.82. The quantitative estimate of drug-likeness (QED) is 0.423. The largest absolute Gasteiger partial charge is 0.481 e. The highest BCUT2D eigenvalue weighted by molar-refractivity contribution is 5.85. The zero-order valence-electron chi connectivity index (χ0n) is 15.8. The molecule has 2 aromatic rings. The molecule has 0 saturated carbocycles. The van der Waals surface area contributed by atoms with E-state index in [1.807, 2.05) is 0 Å². The van der Waals surface area contributed by atoms with Gasteiger partial charge < -0.3 is 9.84 Å². The van der Waals surface area contributed by atoms with Crippen molar-refractivity contribution in [2.24, 2.45) is 0 Å². The number of carboxylic acids is 1. The number of benzene rings is 2. The average Bonchev–Trinajstić information content (AvgIpc) is 2.65. The molecule has 0 bridgehead atoms. The van der Waals surface area contributed by atoms with Crippen LogP contribution in [0.3, 0.4) is 0 Å². The van der Waals surface area contributed by atoms with E-state index in [2.05, 4.69) is 42.5 Å². The van der Waals surface area contributed by atoms with Crippen LogP contribution in [0.25, 0.3) is 10.8 Å². The molecule has 0 aromatic heterocycles. The molecule has 142 valence electrons. The number of unbranched alkanes of at least 4 members (excludes halogenated alkanes) is 7. The monoisotopic (exact) mass is 356 g/mol. The summed E-state index contributed by atoms with van der Waals surface area (Å²) in [6, 6.07) is 15.0. The molecule has 26 heavy (non-hydrogen) atoms. The number of fused-ring (bicyclic) bond motifs is 1. The van der Waals surface area contributed by atoms with Crippen molar-refractivity contribution in [2.75, 3.05) is 13.2 Å². The van der Waals surface area contributed by atoms with Crippen molar-refractivity contribution >= 4 is 16.7 Å². The Morgan fingerprint density at radius 1 is 0.769 bits per heavy atom. The van der Waals surface area contributed by atoms with Crippen LogP contribution in [-0.2, 0) is 16.0 Å². The van der Waals surface area contributed by atoms with Crippen molar-refractivity contribution in [3.63, 3.8) is 0 Å². The Labute approximate surface area is 157 Å². The van der Waals surface area contributed by atoms with Gasteiger partial charge in [0, 0.05) is 13.0 Å². The van der Waals surface area contributed by atoms with E-state index in [1.54, 1.807) is 0 Å². The molecule has 0 saturated heterocycles. The summed E-state index contributed by atoms with van der Waals surface area (Å²) in [7, 11) is 0. The number of carbonyl (C=O) groups is 1. The van der Waals surface area contributed by atoms with Crippen molar-refractivity contribution in [1.29, 1.82) is 0 Å². The van der Waals surface area contributed by atoms with Gasteiger partial charge in [-0.3, -0.25) is 4.79 Å². The third kappa shape index (κ3) is 8.01. The summed E-state index contributed by atoms with van der Waals surface area (Å²) in [6.07, 6.45) is 10.4. The van der Waals surface area contributed by atoms with E-state index < -0.39 is 5.97 Å². The molecule has 3 heteroatoms. The van der Waals surface area contributed by atoms with Gasteiger partial charge in [-0.2, -0.15) is 0 Å². The van der Waals surface area contributed by atoms with Gasteiger partial charge in [-0.05, 0) is 35.6 Å². The molecule has 2 aromatic carbocycles. The van der Waals surface area contributed by atoms with Crippen molar-refractivity contribution in [3.05, 3.63) is 48.0 Å². The summed E-state index contributed by atoms with van der Waals surface area (Å²) in [4.78, 5) is 10.4. The second-order valence-electron chi connectivity index (χ2n) is 6.97.